The van der Waals surface area contributed by atoms with Gasteiger partial charge in [0.25, 0.3) is 0 Å². The van der Waals surface area contributed by atoms with Crippen molar-refractivity contribution >= 4 is 11.9 Å². The number of benzene rings is 2. The highest BCUT2D eigenvalue weighted by atomic mass is 16.6. The van der Waals surface area contributed by atoms with Gasteiger partial charge in [-0.05, 0) is 44.3 Å². The first-order valence-corrected chi connectivity index (χ1v) is 9.51. The average molecular weight is 385 g/mol. The van der Waals surface area contributed by atoms with Crippen molar-refractivity contribution in [3.8, 4) is 11.5 Å². The van der Waals surface area contributed by atoms with E-state index in [0.717, 1.165) is 19.6 Å². The molecule has 2 rings (SSSR count). The van der Waals surface area contributed by atoms with Crippen molar-refractivity contribution in [2.45, 2.75) is 33.3 Å². The number of nitrogens with zero attached hydrogens (tertiary/aromatic N) is 1. The first-order valence-electron chi connectivity index (χ1n) is 9.51. The molecule has 0 atom stereocenters. The van der Waals surface area contributed by atoms with E-state index in [1.54, 1.807) is 48.5 Å². The largest absolute Gasteiger partial charge is 0.508 e. The quantitative estimate of drug-likeness (QED) is 0.496. The van der Waals surface area contributed by atoms with Crippen LogP contribution in [0.25, 0.3) is 0 Å². The molecule has 0 amide bonds. The summed E-state index contributed by atoms with van der Waals surface area (Å²) in [5.74, 6) is -0.869. The zero-order valence-corrected chi connectivity index (χ0v) is 16.4. The number of carbonyl (C=O) groups excluding carboxylic acids is 2. The van der Waals surface area contributed by atoms with Gasteiger partial charge in [0.15, 0.2) is 0 Å². The van der Waals surface area contributed by atoms with Crippen LogP contribution < -0.4 is 4.74 Å². The minimum atomic E-state index is -0.735. The molecule has 0 radical (unpaired) electrons. The van der Waals surface area contributed by atoms with Gasteiger partial charge in [0.2, 0.25) is 0 Å². The van der Waals surface area contributed by atoms with Gasteiger partial charge in [-0.25, -0.2) is 4.79 Å². The van der Waals surface area contributed by atoms with E-state index in [9.17, 15) is 14.7 Å². The smallest absolute Gasteiger partial charge is 0.349 e. The van der Waals surface area contributed by atoms with Crippen LogP contribution in [-0.2, 0) is 16.1 Å². The maximum Gasteiger partial charge on any atom is 0.349 e. The lowest BCUT2D eigenvalue weighted by Gasteiger charge is -2.17. The minimum absolute atomic E-state index is 0.0920. The molecule has 0 saturated heterocycles. The molecule has 150 valence electrons. The molecule has 0 bridgehead atoms. The Morgan fingerprint density at radius 1 is 1.00 bits per heavy atom. The molecule has 0 heterocycles. The van der Waals surface area contributed by atoms with Crippen LogP contribution in [0.15, 0.2) is 48.5 Å². The van der Waals surface area contributed by atoms with Crippen LogP contribution in [0.2, 0.25) is 0 Å². The van der Waals surface area contributed by atoms with Crippen LogP contribution in [0, 0.1) is 0 Å². The van der Waals surface area contributed by atoms with Crippen molar-refractivity contribution in [2.24, 2.45) is 0 Å². The highest BCUT2D eigenvalue weighted by Gasteiger charge is 2.18. The molecule has 2 aromatic rings. The molecule has 0 aliphatic carbocycles. The molecule has 0 spiro atoms. The van der Waals surface area contributed by atoms with Crippen molar-refractivity contribution in [3.05, 3.63) is 59.7 Å². The Bertz CT molecular complexity index is 786. The van der Waals surface area contributed by atoms with Crippen LogP contribution >= 0.6 is 0 Å². The van der Waals surface area contributed by atoms with Gasteiger partial charge in [-0.1, -0.05) is 44.2 Å². The number of esters is 2. The monoisotopic (exact) mass is 385 g/mol. The molecular weight excluding hydrogens is 358 g/mol. The summed E-state index contributed by atoms with van der Waals surface area (Å²) in [6.45, 7) is 6.86. The number of para-hydroxylation sites is 2. The summed E-state index contributed by atoms with van der Waals surface area (Å²) < 4.78 is 10.6. The summed E-state index contributed by atoms with van der Waals surface area (Å²) >= 11 is 0. The molecule has 0 aliphatic rings. The predicted octanol–water partition coefficient (Wildman–Crippen LogP) is 3.78. The number of carbonyl (C=O) groups is 2. The van der Waals surface area contributed by atoms with E-state index >= 15 is 0 Å². The molecule has 1 N–H and O–H groups in total. The zero-order chi connectivity index (χ0) is 20.4. The normalized spacial score (nSPS) is 10.7. The number of aromatic hydroxyl groups is 1. The SMILES string of the molecule is CCN(CC)CCCC(=O)OC(=O)c1ccccc1OCc1ccccc1O. The second-order valence-corrected chi connectivity index (χ2v) is 6.31. The van der Waals surface area contributed by atoms with Gasteiger partial charge in [-0.3, -0.25) is 4.79 Å². The predicted molar refractivity (Wildman–Crippen MR) is 106 cm³/mol. The van der Waals surface area contributed by atoms with E-state index < -0.39 is 11.9 Å². The Kier molecular flexibility index (Phi) is 8.49. The second-order valence-electron chi connectivity index (χ2n) is 6.31. The van der Waals surface area contributed by atoms with Crippen LogP contribution in [0.5, 0.6) is 11.5 Å². The third-order valence-electron chi connectivity index (χ3n) is 4.44. The van der Waals surface area contributed by atoms with E-state index in [2.05, 4.69) is 18.7 Å². The number of hydrogen-bond donors (Lipinski definition) is 1. The lowest BCUT2D eigenvalue weighted by atomic mass is 10.2. The van der Waals surface area contributed by atoms with Gasteiger partial charge in [-0.2, -0.15) is 0 Å². The van der Waals surface area contributed by atoms with Crippen LogP contribution in [-0.4, -0.2) is 41.6 Å². The summed E-state index contributed by atoms with van der Waals surface area (Å²) in [7, 11) is 0. The van der Waals surface area contributed by atoms with E-state index in [1.165, 1.54) is 0 Å². The summed E-state index contributed by atoms with van der Waals surface area (Å²) in [5.41, 5.74) is 0.771. The molecule has 0 saturated carbocycles. The van der Waals surface area contributed by atoms with Gasteiger partial charge < -0.3 is 19.5 Å². The van der Waals surface area contributed by atoms with Crippen molar-refractivity contribution in [1.29, 1.82) is 0 Å². The lowest BCUT2D eigenvalue weighted by Crippen LogP contribution is -2.25. The Labute approximate surface area is 165 Å². The molecular formula is C22H27NO5. The van der Waals surface area contributed by atoms with Crippen molar-refractivity contribution < 1.29 is 24.2 Å². The zero-order valence-electron chi connectivity index (χ0n) is 16.4. The summed E-state index contributed by atoms with van der Waals surface area (Å²) in [4.78, 5) is 26.6. The van der Waals surface area contributed by atoms with Gasteiger partial charge in [0.05, 0.1) is 0 Å². The number of phenolic OH excluding ortho intramolecular Hbond substituents is 1. The number of hydrogen-bond acceptors (Lipinski definition) is 6. The first kappa shape index (κ1) is 21.4. The highest BCUT2D eigenvalue weighted by molar-refractivity contribution is 5.98. The van der Waals surface area contributed by atoms with E-state index in [0.29, 0.717) is 17.7 Å². The minimum Gasteiger partial charge on any atom is -0.508 e. The number of ether oxygens (including phenoxy) is 2. The van der Waals surface area contributed by atoms with Crippen molar-refractivity contribution in [2.75, 3.05) is 19.6 Å². The van der Waals surface area contributed by atoms with Gasteiger partial charge in [-0.15, -0.1) is 0 Å². The van der Waals surface area contributed by atoms with Gasteiger partial charge in [0, 0.05) is 12.0 Å². The number of phenols is 1. The third kappa shape index (κ3) is 6.39. The van der Waals surface area contributed by atoms with Gasteiger partial charge >= 0.3 is 11.9 Å². The maximum atomic E-state index is 12.4. The molecule has 0 aliphatic heterocycles. The Balaban J connectivity index is 1.92. The van der Waals surface area contributed by atoms with E-state index in [1.807, 2.05) is 0 Å². The van der Waals surface area contributed by atoms with E-state index in [4.69, 9.17) is 9.47 Å². The van der Waals surface area contributed by atoms with Gasteiger partial charge in [0.1, 0.15) is 23.7 Å². The molecule has 6 nitrogen and oxygen atoms in total. The van der Waals surface area contributed by atoms with Crippen molar-refractivity contribution in [3.63, 3.8) is 0 Å². The standard InChI is InChI=1S/C22H27NO5/c1-3-23(4-2)15-9-14-21(25)28-22(26)18-11-6-8-13-20(18)27-16-17-10-5-7-12-19(17)24/h5-8,10-13,24H,3-4,9,14-16H2,1-2H3. The fraction of sp³-hybridized carbons (Fsp3) is 0.364. The summed E-state index contributed by atoms with van der Waals surface area (Å²) in [6.07, 6.45) is 0.822. The lowest BCUT2D eigenvalue weighted by molar-refractivity contribution is -0.138. The molecule has 0 unspecified atom stereocenters. The van der Waals surface area contributed by atoms with Crippen molar-refractivity contribution in [1.82, 2.24) is 4.90 Å². The van der Waals surface area contributed by atoms with Crippen LogP contribution in [0.1, 0.15) is 42.6 Å². The molecule has 2 aromatic carbocycles. The fourth-order valence-corrected chi connectivity index (χ4v) is 2.75. The maximum absolute atomic E-state index is 12.4. The van der Waals surface area contributed by atoms with Crippen LogP contribution in [0.4, 0.5) is 0 Å². The Hall–Kier alpha value is -2.86. The summed E-state index contributed by atoms with van der Waals surface area (Å²) in [5, 5.41) is 9.82. The summed E-state index contributed by atoms with van der Waals surface area (Å²) in [6, 6.07) is 13.4. The number of rotatable bonds is 10. The Morgan fingerprint density at radius 2 is 1.68 bits per heavy atom. The third-order valence-corrected chi connectivity index (χ3v) is 4.44. The topological polar surface area (TPSA) is 76.1 Å². The second kappa shape index (κ2) is 11.1. The van der Waals surface area contributed by atoms with Crippen LogP contribution in [0.3, 0.4) is 0 Å². The average Bonchev–Trinajstić information content (AvgIpc) is 2.71. The van der Waals surface area contributed by atoms with E-state index in [-0.39, 0.29) is 24.3 Å². The molecule has 0 aromatic heterocycles. The Morgan fingerprint density at radius 3 is 2.39 bits per heavy atom. The first-order chi connectivity index (χ1) is 13.5. The molecule has 6 heteroatoms. The highest BCUT2D eigenvalue weighted by Crippen LogP contribution is 2.23. The molecule has 0 fully saturated rings. The molecule has 28 heavy (non-hydrogen) atoms. The fourth-order valence-electron chi connectivity index (χ4n) is 2.75.